The number of carboxylic acids is 1. The van der Waals surface area contributed by atoms with Crippen LogP contribution in [0.25, 0.3) is 10.9 Å². The Morgan fingerprint density at radius 3 is 2.61 bits per heavy atom. The summed E-state index contributed by atoms with van der Waals surface area (Å²) in [6.45, 7) is -0.184. The van der Waals surface area contributed by atoms with Crippen molar-refractivity contribution in [1.29, 1.82) is 0 Å². The first-order chi connectivity index (χ1) is 14.9. The van der Waals surface area contributed by atoms with Gasteiger partial charge in [-0.25, -0.2) is 4.39 Å². The number of carbonyl (C=O) groups excluding carboxylic acids is 2. The van der Waals surface area contributed by atoms with Gasteiger partial charge >= 0.3 is 5.97 Å². The Balaban J connectivity index is 1.45. The summed E-state index contributed by atoms with van der Waals surface area (Å²) < 4.78 is 15.6. The van der Waals surface area contributed by atoms with Crippen LogP contribution >= 0.6 is 0 Å². The average Bonchev–Trinajstić information content (AvgIpc) is 3.04. The number of aliphatic carboxylic acids is 1. The zero-order valence-corrected chi connectivity index (χ0v) is 16.9. The maximum absolute atomic E-state index is 13.9. The van der Waals surface area contributed by atoms with Crippen LogP contribution in [0.4, 0.5) is 4.39 Å². The molecule has 1 aromatic heterocycles. The number of aromatic nitrogens is 1. The van der Waals surface area contributed by atoms with Gasteiger partial charge in [-0.05, 0) is 43.0 Å². The minimum Gasteiger partial charge on any atom is -0.480 e. The van der Waals surface area contributed by atoms with E-state index in [9.17, 15) is 23.9 Å². The minimum absolute atomic E-state index is 0.0751. The summed E-state index contributed by atoms with van der Waals surface area (Å²) in [4.78, 5) is 36.0. The number of hydrogen-bond acceptors (Lipinski definition) is 3. The molecule has 6 nitrogen and oxygen atoms in total. The van der Waals surface area contributed by atoms with E-state index in [1.54, 1.807) is 34.9 Å². The molecule has 160 valence electrons. The van der Waals surface area contributed by atoms with Crippen LogP contribution < -0.4 is 5.32 Å². The van der Waals surface area contributed by atoms with Gasteiger partial charge in [0.1, 0.15) is 12.4 Å². The van der Waals surface area contributed by atoms with E-state index in [1.807, 2.05) is 6.07 Å². The molecule has 0 unspecified atom stereocenters. The van der Waals surface area contributed by atoms with E-state index < -0.39 is 5.97 Å². The van der Waals surface area contributed by atoms with Crippen molar-refractivity contribution in [3.05, 3.63) is 71.2 Å². The third-order valence-corrected chi connectivity index (χ3v) is 5.76. The van der Waals surface area contributed by atoms with Crippen molar-refractivity contribution >= 4 is 28.6 Å². The molecule has 1 amide bonds. The van der Waals surface area contributed by atoms with Gasteiger partial charge in [0.05, 0.1) is 0 Å². The minimum atomic E-state index is -0.956. The third-order valence-electron chi connectivity index (χ3n) is 5.76. The number of fused-ring (bicyclic) bond motifs is 3. The van der Waals surface area contributed by atoms with Crippen molar-refractivity contribution in [1.82, 2.24) is 9.88 Å². The predicted octanol–water partition coefficient (Wildman–Crippen LogP) is 3.50. The summed E-state index contributed by atoms with van der Waals surface area (Å²) in [5.41, 5.74) is 3.04. The lowest BCUT2D eigenvalue weighted by atomic mass is 9.91. The number of carbonyl (C=O) groups is 3. The second-order valence-corrected chi connectivity index (χ2v) is 7.86. The number of benzene rings is 2. The summed E-state index contributed by atoms with van der Waals surface area (Å²) >= 11 is 0. The van der Waals surface area contributed by atoms with Gasteiger partial charge in [0.15, 0.2) is 5.78 Å². The van der Waals surface area contributed by atoms with E-state index >= 15 is 0 Å². The molecular formula is C24H23FN2O4. The molecule has 1 heterocycles. The smallest absolute Gasteiger partial charge is 0.323 e. The largest absolute Gasteiger partial charge is 0.480 e. The molecule has 1 aliphatic carbocycles. The first kappa shape index (κ1) is 20.8. The zero-order valence-electron chi connectivity index (χ0n) is 16.9. The predicted molar refractivity (Wildman–Crippen MR) is 113 cm³/mol. The maximum atomic E-state index is 13.9. The zero-order chi connectivity index (χ0) is 22.0. The molecule has 0 saturated carbocycles. The average molecular weight is 422 g/mol. The van der Waals surface area contributed by atoms with E-state index in [2.05, 4.69) is 5.32 Å². The Bertz CT molecular complexity index is 1150. The fourth-order valence-corrected chi connectivity index (χ4v) is 4.36. The molecule has 0 fully saturated rings. The highest BCUT2D eigenvalue weighted by atomic mass is 19.1. The number of carboxylic acid groups (broad SMARTS) is 1. The van der Waals surface area contributed by atoms with Crippen LogP contribution in [0.15, 0.2) is 48.5 Å². The van der Waals surface area contributed by atoms with Crippen LogP contribution in [0.5, 0.6) is 0 Å². The van der Waals surface area contributed by atoms with Gasteiger partial charge in [0.2, 0.25) is 5.91 Å². The van der Waals surface area contributed by atoms with Gasteiger partial charge in [0.25, 0.3) is 0 Å². The van der Waals surface area contributed by atoms with Gasteiger partial charge in [-0.1, -0.05) is 30.3 Å². The van der Waals surface area contributed by atoms with Crippen molar-refractivity contribution in [3.8, 4) is 0 Å². The second-order valence-electron chi connectivity index (χ2n) is 7.86. The van der Waals surface area contributed by atoms with Crippen molar-refractivity contribution in [2.45, 2.75) is 44.7 Å². The van der Waals surface area contributed by atoms with E-state index in [-0.39, 0.29) is 42.9 Å². The topological polar surface area (TPSA) is 88.4 Å². The number of halogens is 1. The molecule has 2 aromatic carbocycles. The number of rotatable bonds is 7. The van der Waals surface area contributed by atoms with Gasteiger partial charge in [0, 0.05) is 41.0 Å². The van der Waals surface area contributed by atoms with Crippen LogP contribution in [-0.2, 0) is 29.0 Å². The van der Waals surface area contributed by atoms with Gasteiger partial charge in [-0.15, -0.1) is 0 Å². The first-order valence-electron chi connectivity index (χ1n) is 10.3. The molecule has 2 N–H and O–H groups in total. The van der Waals surface area contributed by atoms with Crippen molar-refractivity contribution in [2.75, 3.05) is 0 Å². The van der Waals surface area contributed by atoms with Gasteiger partial charge in [-0.3, -0.25) is 14.4 Å². The molecular weight excluding hydrogens is 399 g/mol. The van der Waals surface area contributed by atoms with Gasteiger partial charge < -0.3 is 15.0 Å². The summed E-state index contributed by atoms with van der Waals surface area (Å²) in [6.07, 6.45) is 1.99. The highest BCUT2D eigenvalue weighted by Gasteiger charge is 2.27. The van der Waals surface area contributed by atoms with Crippen molar-refractivity contribution in [2.24, 2.45) is 0 Å². The molecule has 7 heteroatoms. The lowest BCUT2D eigenvalue weighted by Crippen LogP contribution is -2.39. The Morgan fingerprint density at radius 2 is 1.87 bits per heavy atom. The van der Waals surface area contributed by atoms with Crippen LogP contribution in [0.1, 0.15) is 40.9 Å². The SMILES string of the molecule is O=C(O)Cn1c2c(c3cc(F)ccc31)C[C@@H](NC(=O)CCC(=O)c1ccccc1)CC2. The van der Waals surface area contributed by atoms with Crippen LogP contribution in [0, 0.1) is 5.82 Å². The van der Waals surface area contributed by atoms with E-state index in [1.165, 1.54) is 12.1 Å². The Kier molecular flexibility index (Phi) is 5.84. The highest BCUT2D eigenvalue weighted by Crippen LogP contribution is 2.33. The number of ketones is 1. The molecule has 0 bridgehead atoms. The van der Waals surface area contributed by atoms with E-state index in [4.69, 9.17) is 0 Å². The summed E-state index contributed by atoms with van der Waals surface area (Å²) in [7, 11) is 0. The summed E-state index contributed by atoms with van der Waals surface area (Å²) in [6, 6.07) is 13.1. The van der Waals surface area contributed by atoms with Crippen LogP contribution in [0.3, 0.4) is 0 Å². The standard InChI is InChI=1S/C24H23FN2O4/c25-16-6-8-20-18(12-16)19-13-17(7-9-21(19)27(20)14-24(30)31)26-23(29)11-10-22(28)15-4-2-1-3-5-15/h1-6,8,12,17H,7,9-11,13-14H2,(H,26,29)(H,30,31)/t17-/m0/s1. The summed E-state index contributed by atoms with van der Waals surface area (Å²) in [5, 5.41) is 13.0. The fraction of sp³-hybridized carbons (Fsp3) is 0.292. The lowest BCUT2D eigenvalue weighted by Gasteiger charge is -2.25. The number of nitrogens with zero attached hydrogens (tertiary/aromatic N) is 1. The Hall–Kier alpha value is -3.48. The van der Waals surface area contributed by atoms with Crippen molar-refractivity contribution < 1.29 is 23.9 Å². The van der Waals surface area contributed by atoms with E-state index in [0.29, 0.717) is 35.7 Å². The van der Waals surface area contributed by atoms with Crippen molar-refractivity contribution in [3.63, 3.8) is 0 Å². The molecule has 0 aliphatic heterocycles. The summed E-state index contributed by atoms with van der Waals surface area (Å²) in [5.74, 6) is -1.61. The molecule has 0 saturated heterocycles. The van der Waals surface area contributed by atoms with Gasteiger partial charge in [-0.2, -0.15) is 0 Å². The fourth-order valence-electron chi connectivity index (χ4n) is 4.36. The highest BCUT2D eigenvalue weighted by molar-refractivity contribution is 5.98. The molecule has 3 aromatic rings. The Labute approximate surface area is 178 Å². The molecule has 1 aliphatic rings. The molecule has 0 radical (unpaired) electrons. The van der Waals surface area contributed by atoms with Crippen LogP contribution in [0.2, 0.25) is 0 Å². The normalized spacial score (nSPS) is 15.5. The second kappa shape index (κ2) is 8.71. The van der Waals surface area contributed by atoms with E-state index in [0.717, 1.165) is 11.3 Å². The molecule has 4 rings (SSSR count). The molecule has 31 heavy (non-hydrogen) atoms. The quantitative estimate of drug-likeness (QED) is 0.571. The number of hydrogen-bond donors (Lipinski definition) is 2. The number of Topliss-reactive ketones (excluding diaryl/α,β-unsaturated/α-hetero) is 1. The third kappa shape index (κ3) is 4.50. The molecule has 1 atom stereocenters. The maximum Gasteiger partial charge on any atom is 0.323 e. The monoisotopic (exact) mass is 422 g/mol. The molecule has 0 spiro atoms. The lowest BCUT2D eigenvalue weighted by molar-refractivity contribution is -0.137. The number of amides is 1. The number of nitrogens with one attached hydrogen (secondary N) is 1. The first-order valence-corrected chi connectivity index (χ1v) is 10.3. The van der Waals surface area contributed by atoms with Crippen LogP contribution in [-0.4, -0.2) is 33.4 Å². The Morgan fingerprint density at radius 1 is 1.10 bits per heavy atom.